The number of amides is 2. The zero-order chi connectivity index (χ0) is 23.5. The van der Waals surface area contributed by atoms with E-state index in [1.807, 2.05) is 78.9 Å². The molecular formula is C26H21BrN4O2S. The highest BCUT2D eigenvalue weighted by molar-refractivity contribution is 9.10. The number of likely N-dealkylation sites (tertiary alicyclic amines) is 1. The molecule has 0 bridgehead atoms. The van der Waals surface area contributed by atoms with Crippen LogP contribution in [0.3, 0.4) is 0 Å². The van der Waals surface area contributed by atoms with Gasteiger partial charge in [-0.2, -0.15) is 0 Å². The van der Waals surface area contributed by atoms with Crippen molar-refractivity contribution in [3.05, 3.63) is 88.9 Å². The van der Waals surface area contributed by atoms with Crippen LogP contribution in [-0.4, -0.2) is 39.5 Å². The molecule has 1 aliphatic heterocycles. The molecule has 2 amide bonds. The molecule has 4 aromatic rings. The fraction of sp³-hybridized carbons (Fsp3) is 0.154. The molecule has 0 radical (unpaired) electrons. The maximum Gasteiger partial charge on any atom is 0.254 e. The monoisotopic (exact) mass is 532 g/mol. The zero-order valence-corrected chi connectivity index (χ0v) is 20.6. The smallest absolute Gasteiger partial charge is 0.254 e. The second kappa shape index (κ2) is 9.87. The van der Waals surface area contributed by atoms with Gasteiger partial charge in [0.1, 0.15) is 11.0 Å². The number of nitrogens with one attached hydrogen (secondary N) is 1. The van der Waals surface area contributed by atoms with E-state index in [1.165, 1.54) is 11.3 Å². The minimum absolute atomic E-state index is 0.135. The molecule has 1 fully saturated rings. The number of hydrogen-bond acceptors (Lipinski definition) is 5. The van der Waals surface area contributed by atoms with Crippen LogP contribution in [0, 0.1) is 0 Å². The minimum atomic E-state index is -0.528. The molecule has 170 valence electrons. The van der Waals surface area contributed by atoms with E-state index in [0.717, 1.165) is 32.6 Å². The molecule has 1 saturated heterocycles. The SMILES string of the molecule is O=C(Nc1nnc(-c2cccc(Br)c2)s1)[C@@H]1CCCN1C(=O)c1ccc(-c2ccccc2)cc1. The van der Waals surface area contributed by atoms with Crippen LogP contribution in [0.2, 0.25) is 0 Å². The van der Waals surface area contributed by atoms with Crippen LogP contribution in [0.1, 0.15) is 23.2 Å². The van der Waals surface area contributed by atoms with Crippen molar-refractivity contribution in [1.82, 2.24) is 15.1 Å². The lowest BCUT2D eigenvalue weighted by Crippen LogP contribution is -2.43. The molecule has 1 aliphatic rings. The van der Waals surface area contributed by atoms with Crippen LogP contribution in [0.15, 0.2) is 83.3 Å². The Morgan fingerprint density at radius 2 is 1.65 bits per heavy atom. The first kappa shape index (κ1) is 22.4. The molecule has 3 aromatic carbocycles. The molecule has 2 heterocycles. The van der Waals surface area contributed by atoms with Crippen molar-refractivity contribution in [3.8, 4) is 21.7 Å². The molecule has 0 aliphatic carbocycles. The number of nitrogens with zero attached hydrogens (tertiary/aromatic N) is 3. The van der Waals surface area contributed by atoms with Gasteiger partial charge < -0.3 is 4.90 Å². The predicted molar refractivity (Wildman–Crippen MR) is 138 cm³/mol. The maximum absolute atomic E-state index is 13.2. The number of rotatable bonds is 5. The third-order valence-corrected chi connectivity index (χ3v) is 7.16. The lowest BCUT2D eigenvalue weighted by molar-refractivity contribution is -0.119. The van der Waals surface area contributed by atoms with Crippen LogP contribution >= 0.6 is 27.3 Å². The van der Waals surface area contributed by atoms with Crippen molar-refractivity contribution in [2.24, 2.45) is 0 Å². The number of halogens is 1. The Hall–Kier alpha value is -3.36. The Balaban J connectivity index is 1.27. The Labute approximate surface area is 209 Å². The molecule has 0 saturated carbocycles. The van der Waals surface area contributed by atoms with Crippen molar-refractivity contribution >= 4 is 44.2 Å². The third-order valence-electron chi connectivity index (χ3n) is 5.78. The van der Waals surface area contributed by atoms with Gasteiger partial charge in [0.2, 0.25) is 11.0 Å². The van der Waals surface area contributed by atoms with Crippen LogP contribution in [0.4, 0.5) is 5.13 Å². The fourth-order valence-electron chi connectivity index (χ4n) is 4.08. The Morgan fingerprint density at radius 3 is 2.41 bits per heavy atom. The molecule has 34 heavy (non-hydrogen) atoms. The van der Waals surface area contributed by atoms with E-state index in [-0.39, 0.29) is 11.8 Å². The third kappa shape index (κ3) is 4.78. The average Bonchev–Trinajstić information content (AvgIpc) is 3.54. The summed E-state index contributed by atoms with van der Waals surface area (Å²) in [5.74, 6) is -0.368. The molecule has 0 spiro atoms. The lowest BCUT2D eigenvalue weighted by Gasteiger charge is -2.23. The molecule has 1 aromatic heterocycles. The van der Waals surface area contributed by atoms with Crippen LogP contribution in [0.5, 0.6) is 0 Å². The molecule has 5 rings (SSSR count). The standard InChI is InChI=1S/C26H21BrN4O2S/c27-21-9-4-8-20(16-21)24-29-30-26(34-24)28-23(32)22-10-5-15-31(22)25(33)19-13-11-18(12-14-19)17-6-2-1-3-7-17/h1-4,6-9,11-14,16,22H,5,10,15H2,(H,28,30,32)/t22-/m0/s1. The zero-order valence-electron chi connectivity index (χ0n) is 18.1. The van der Waals surface area contributed by atoms with E-state index in [4.69, 9.17) is 0 Å². The highest BCUT2D eigenvalue weighted by atomic mass is 79.9. The summed E-state index contributed by atoms with van der Waals surface area (Å²) in [6, 6.07) is 24.8. The molecule has 6 nitrogen and oxygen atoms in total. The summed E-state index contributed by atoms with van der Waals surface area (Å²) >= 11 is 4.76. The van der Waals surface area contributed by atoms with Crippen LogP contribution in [0.25, 0.3) is 21.7 Å². The normalized spacial score (nSPS) is 15.3. The first-order chi connectivity index (χ1) is 16.6. The lowest BCUT2D eigenvalue weighted by atomic mass is 10.0. The summed E-state index contributed by atoms with van der Waals surface area (Å²) in [5, 5.41) is 12.3. The fourth-order valence-corrected chi connectivity index (χ4v) is 5.23. The van der Waals surface area contributed by atoms with Gasteiger partial charge in [0, 0.05) is 22.1 Å². The Kier molecular flexibility index (Phi) is 6.51. The summed E-state index contributed by atoms with van der Waals surface area (Å²) in [5.41, 5.74) is 3.64. The summed E-state index contributed by atoms with van der Waals surface area (Å²) < 4.78 is 0.947. The summed E-state index contributed by atoms with van der Waals surface area (Å²) in [6.45, 7) is 0.552. The summed E-state index contributed by atoms with van der Waals surface area (Å²) in [7, 11) is 0. The van der Waals surface area contributed by atoms with Crippen molar-refractivity contribution in [1.29, 1.82) is 0 Å². The van der Waals surface area contributed by atoms with E-state index >= 15 is 0 Å². The van der Waals surface area contributed by atoms with Crippen molar-refractivity contribution in [3.63, 3.8) is 0 Å². The van der Waals surface area contributed by atoms with E-state index in [9.17, 15) is 9.59 Å². The summed E-state index contributed by atoms with van der Waals surface area (Å²) in [4.78, 5) is 27.9. The predicted octanol–water partition coefficient (Wildman–Crippen LogP) is 5.88. The number of benzene rings is 3. The molecular weight excluding hydrogens is 512 g/mol. The van der Waals surface area contributed by atoms with Crippen molar-refractivity contribution < 1.29 is 9.59 Å². The van der Waals surface area contributed by atoms with Gasteiger partial charge in [-0.05, 0) is 48.2 Å². The number of carbonyl (C=O) groups excluding carboxylic acids is 2. The molecule has 1 atom stereocenters. The van der Waals surface area contributed by atoms with E-state index < -0.39 is 6.04 Å². The summed E-state index contributed by atoms with van der Waals surface area (Å²) in [6.07, 6.45) is 1.41. The average molecular weight is 533 g/mol. The van der Waals surface area contributed by atoms with Gasteiger partial charge in [-0.25, -0.2) is 0 Å². The Bertz CT molecular complexity index is 1320. The number of aromatic nitrogens is 2. The highest BCUT2D eigenvalue weighted by Crippen LogP contribution is 2.29. The second-order valence-corrected chi connectivity index (χ2v) is 9.91. The topological polar surface area (TPSA) is 75.2 Å². The van der Waals surface area contributed by atoms with Crippen molar-refractivity contribution in [2.45, 2.75) is 18.9 Å². The van der Waals surface area contributed by atoms with Gasteiger partial charge in [0.05, 0.1) is 0 Å². The van der Waals surface area contributed by atoms with E-state index in [1.54, 1.807) is 4.90 Å². The quantitative estimate of drug-likeness (QED) is 0.348. The van der Waals surface area contributed by atoms with Crippen molar-refractivity contribution in [2.75, 3.05) is 11.9 Å². The number of carbonyl (C=O) groups is 2. The first-order valence-corrected chi connectivity index (χ1v) is 12.6. The van der Waals surface area contributed by atoms with Gasteiger partial charge >= 0.3 is 0 Å². The van der Waals surface area contributed by atoms with E-state index in [0.29, 0.717) is 23.7 Å². The van der Waals surface area contributed by atoms with Gasteiger partial charge in [0.15, 0.2) is 0 Å². The number of hydrogen-bond donors (Lipinski definition) is 1. The molecule has 0 unspecified atom stereocenters. The number of anilines is 1. The minimum Gasteiger partial charge on any atom is -0.327 e. The van der Waals surface area contributed by atoms with Crippen LogP contribution in [-0.2, 0) is 4.79 Å². The van der Waals surface area contributed by atoms with Gasteiger partial charge in [-0.15, -0.1) is 10.2 Å². The maximum atomic E-state index is 13.2. The van der Waals surface area contributed by atoms with E-state index in [2.05, 4.69) is 31.4 Å². The van der Waals surface area contributed by atoms with Gasteiger partial charge in [0.25, 0.3) is 5.91 Å². The molecule has 8 heteroatoms. The highest BCUT2D eigenvalue weighted by Gasteiger charge is 2.35. The Morgan fingerprint density at radius 1 is 0.912 bits per heavy atom. The largest absolute Gasteiger partial charge is 0.327 e. The first-order valence-electron chi connectivity index (χ1n) is 11.0. The van der Waals surface area contributed by atoms with Gasteiger partial charge in [-0.3, -0.25) is 14.9 Å². The van der Waals surface area contributed by atoms with Crippen LogP contribution < -0.4 is 5.32 Å². The van der Waals surface area contributed by atoms with Gasteiger partial charge in [-0.1, -0.05) is 81.9 Å². The molecule has 1 N–H and O–H groups in total. The second-order valence-electron chi connectivity index (χ2n) is 8.01.